The van der Waals surface area contributed by atoms with Gasteiger partial charge in [0.2, 0.25) is 0 Å². The lowest BCUT2D eigenvalue weighted by Crippen LogP contribution is -2.29. The topological polar surface area (TPSA) is 18.5 Å². The van der Waals surface area contributed by atoms with E-state index in [0.717, 1.165) is 12.1 Å². The van der Waals surface area contributed by atoms with Gasteiger partial charge in [-0.15, -0.1) is 0 Å². The fourth-order valence-corrected chi connectivity index (χ4v) is 6.01. The molecule has 0 fully saturated rings. The first-order chi connectivity index (χ1) is 8.57. The predicted octanol–water partition coefficient (Wildman–Crippen LogP) is 4.19. The summed E-state index contributed by atoms with van der Waals surface area (Å²) in [7, 11) is -1.37. The Balaban J connectivity index is 3.52. The Bertz CT molecular complexity index is 175. The average Bonchev–Trinajstić information content (AvgIpc) is 2.31. The summed E-state index contributed by atoms with van der Waals surface area (Å²) in [6.45, 7) is 12.1. The summed E-state index contributed by atoms with van der Waals surface area (Å²) in [5.41, 5.74) is 1.31. The second kappa shape index (κ2) is 12.4. The van der Waals surface area contributed by atoms with Gasteiger partial charge in [0.15, 0.2) is 9.76 Å². The molecule has 0 unspecified atom stereocenters. The van der Waals surface area contributed by atoms with Gasteiger partial charge in [0.05, 0.1) is 0 Å². The van der Waals surface area contributed by atoms with Crippen molar-refractivity contribution in [3.8, 4) is 0 Å². The predicted molar refractivity (Wildman–Crippen MR) is 84.9 cm³/mol. The summed E-state index contributed by atoms with van der Waals surface area (Å²) in [5, 5.41) is 0. The first-order valence-electron chi connectivity index (χ1n) is 7.70. The minimum atomic E-state index is -0.992. The molecule has 0 saturated carbocycles. The van der Waals surface area contributed by atoms with E-state index < -0.39 is 9.28 Å². The van der Waals surface area contributed by atoms with Crippen molar-refractivity contribution in [2.24, 2.45) is 0 Å². The fraction of sp³-hybridized carbons (Fsp3) is 1.00. The molecule has 0 bridgehead atoms. The molecule has 4 heteroatoms. The van der Waals surface area contributed by atoms with Crippen LogP contribution in [0.4, 0.5) is 0 Å². The van der Waals surface area contributed by atoms with E-state index in [1.807, 2.05) is 0 Å². The SMILES string of the molecule is CCCCCCCCO[Si](O[SiH2]C(C)C)C(C)C. The maximum absolute atomic E-state index is 6.03. The van der Waals surface area contributed by atoms with E-state index in [-0.39, 0.29) is 9.76 Å². The van der Waals surface area contributed by atoms with Gasteiger partial charge in [0.25, 0.3) is 0 Å². The molecule has 0 rings (SSSR count). The van der Waals surface area contributed by atoms with Crippen LogP contribution < -0.4 is 0 Å². The van der Waals surface area contributed by atoms with Crippen LogP contribution in [0.15, 0.2) is 0 Å². The van der Waals surface area contributed by atoms with Gasteiger partial charge in [0, 0.05) is 6.61 Å². The van der Waals surface area contributed by atoms with Crippen LogP contribution in [0, 0.1) is 0 Å². The van der Waals surface area contributed by atoms with Crippen LogP contribution in [0.1, 0.15) is 73.1 Å². The van der Waals surface area contributed by atoms with E-state index in [1.165, 1.54) is 38.5 Å². The van der Waals surface area contributed by atoms with Gasteiger partial charge in [-0.3, -0.25) is 0 Å². The zero-order chi connectivity index (χ0) is 13.8. The number of rotatable bonds is 12. The Labute approximate surface area is 119 Å². The van der Waals surface area contributed by atoms with Gasteiger partial charge < -0.3 is 8.54 Å². The van der Waals surface area contributed by atoms with Crippen LogP contribution in [-0.2, 0) is 8.54 Å². The van der Waals surface area contributed by atoms with E-state index in [0.29, 0.717) is 5.54 Å². The van der Waals surface area contributed by atoms with E-state index >= 15 is 0 Å². The molecule has 0 N–H and O–H groups in total. The molecule has 0 spiro atoms. The first-order valence-corrected chi connectivity index (χ1v) is 10.5. The summed E-state index contributed by atoms with van der Waals surface area (Å²) < 4.78 is 12.0. The third-order valence-electron chi connectivity index (χ3n) is 2.77. The van der Waals surface area contributed by atoms with Gasteiger partial charge in [-0.05, 0) is 17.5 Å². The van der Waals surface area contributed by atoms with Gasteiger partial charge in [-0.25, -0.2) is 0 Å². The van der Waals surface area contributed by atoms with E-state index in [1.54, 1.807) is 0 Å². The number of hydrogen-bond donors (Lipinski definition) is 0. The van der Waals surface area contributed by atoms with Crippen molar-refractivity contribution >= 4 is 19.0 Å². The normalized spacial score (nSPS) is 12.7. The van der Waals surface area contributed by atoms with Crippen molar-refractivity contribution in [2.45, 2.75) is 84.2 Å². The van der Waals surface area contributed by atoms with Crippen molar-refractivity contribution in [1.82, 2.24) is 0 Å². The molecule has 2 nitrogen and oxygen atoms in total. The Morgan fingerprint density at radius 3 is 2.11 bits per heavy atom. The molecule has 0 atom stereocenters. The highest BCUT2D eigenvalue weighted by molar-refractivity contribution is 6.54. The molecular formula is C14H33O2Si2. The largest absolute Gasteiger partial charge is 0.440 e. The van der Waals surface area contributed by atoms with Crippen molar-refractivity contribution in [1.29, 1.82) is 0 Å². The monoisotopic (exact) mass is 289 g/mol. The van der Waals surface area contributed by atoms with E-state index in [9.17, 15) is 0 Å². The van der Waals surface area contributed by atoms with Gasteiger partial charge in [-0.1, -0.05) is 66.7 Å². The minimum Gasteiger partial charge on any atom is -0.440 e. The smallest absolute Gasteiger partial charge is 0.376 e. The standard InChI is InChI=1S/C14H33O2Si2/c1-6-7-8-9-10-11-12-15-18(14(4)5)16-17-13(2)3/h13-14H,6-12,17H2,1-5H3. The maximum Gasteiger partial charge on any atom is 0.376 e. The zero-order valence-corrected chi connectivity index (χ0v) is 15.5. The average molecular weight is 290 g/mol. The third kappa shape index (κ3) is 11.4. The molecular weight excluding hydrogens is 256 g/mol. The molecule has 109 valence electrons. The second-order valence-electron chi connectivity index (χ2n) is 5.79. The lowest BCUT2D eigenvalue weighted by atomic mass is 10.1. The first kappa shape index (κ1) is 18.4. The molecule has 0 aromatic rings. The molecule has 0 heterocycles. The quantitative estimate of drug-likeness (QED) is 0.396. The van der Waals surface area contributed by atoms with E-state index in [2.05, 4.69) is 34.6 Å². The molecule has 1 radical (unpaired) electrons. The Hall–Kier alpha value is 0.354. The molecule has 18 heavy (non-hydrogen) atoms. The Morgan fingerprint density at radius 2 is 1.56 bits per heavy atom. The Morgan fingerprint density at radius 1 is 0.944 bits per heavy atom. The summed E-state index contributed by atoms with van der Waals surface area (Å²) >= 11 is 0. The fourth-order valence-electron chi connectivity index (χ4n) is 1.68. The van der Waals surface area contributed by atoms with Crippen LogP contribution in [-0.4, -0.2) is 25.7 Å². The number of unbranched alkanes of at least 4 members (excludes halogenated alkanes) is 5. The third-order valence-corrected chi connectivity index (χ3v) is 6.68. The highest BCUT2D eigenvalue weighted by Crippen LogP contribution is 2.13. The molecule has 0 aromatic carbocycles. The van der Waals surface area contributed by atoms with Gasteiger partial charge in [0.1, 0.15) is 0 Å². The van der Waals surface area contributed by atoms with E-state index in [4.69, 9.17) is 8.54 Å². The van der Waals surface area contributed by atoms with Crippen LogP contribution >= 0.6 is 0 Å². The summed E-state index contributed by atoms with van der Waals surface area (Å²) in [4.78, 5) is 0. The molecule has 0 amide bonds. The van der Waals surface area contributed by atoms with Crippen LogP contribution in [0.3, 0.4) is 0 Å². The second-order valence-corrected chi connectivity index (χ2v) is 11.0. The van der Waals surface area contributed by atoms with Crippen molar-refractivity contribution < 1.29 is 8.54 Å². The molecule has 0 saturated heterocycles. The zero-order valence-electron chi connectivity index (χ0n) is 13.1. The van der Waals surface area contributed by atoms with Crippen molar-refractivity contribution in [3.05, 3.63) is 0 Å². The van der Waals surface area contributed by atoms with Crippen molar-refractivity contribution in [3.63, 3.8) is 0 Å². The maximum atomic E-state index is 6.03. The summed E-state index contributed by atoms with van der Waals surface area (Å²) in [6.07, 6.45) is 7.97. The molecule has 0 aliphatic carbocycles. The number of hydrogen-bond acceptors (Lipinski definition) is 2. The van der Waals surface area contributed by atoms with Crippen LogP contribution in [0.5, 0.6) is 0 Å². The lowest BCUT2D eigenvalue weighted by molar-refractivity contribution is 0.252. The molecule has 0 aliphatic rings. The van der Waals surface area contributed by atoms with Gasteiger partial charge >= 0.3 is 9.28 Å². The minimum absolute atomic E-state index is 0.375. The van der Waals surface area contributed by atoms with Crippen molar-refractivity contribution in [2.75, 3.05) is 6.61 Å². The summed E-state index contributed by atoms with van der Waals surface area (Å²) in [5.74, 6) is 0. The molecule has 0 aliphatic heterocycles. The lowest BCUT2D eigenvalue weighted by Gasteiger charge is -2.19. The summed E-state index contributed by atoms with van der Waals surface area (Å²) in [6, 6.07) is 0. The Kier molecular flexibility index (Phi) is 12.6. The van der Waals surface area contributed by atoms with Gasteiger partial charge in [-0.2, -0.15) is 0 Å². The van der Waals surface area contributed by atoms with Crippen LogP contribution in [0.25, 0.3) is 0 Å². The highest BCUT2D eigenvalue weighted by Gasteiger charge is 2.20. The molecule has 0 aromatic heterocycles. The van der Waals surface area contributed by atoms with Crippen LogP contribution in [0.2, 0.25) is 11.1 Å². The highest BCUT2D eigenvalue weighted by atomic mass is 28.4.